The number of nitrogens with one attached hydrogen (secondary N) is 1. The van der Waals surface area contributed by atoms with Gasteiger partial charge in [0.1, 0.15) is 5.75 Å². The van der Waals surface area contributed by atoms with Gasteiger partial charge in [-0.3, -0.25) is 0 Å². The first-order valence-electron chi connectivity index (χ1n) is 4.29. The molecular formula is C10H13BrClNO. The van der Waals surface area contributed by atoms with Crippen molar-refractivity contribution < 1.29 is 4.74 Å². The summed E-state index contributed by atoms with van der Waals surface area (Å²) in [5, 5.41) is 3.14. The second-order valence-electron chi connectivity index (χ2n) is 2.89. The summed E-state index contributed by atoms with van der Waals surface area (Å²) in [5.74, 6) is 1.38. The third kappa shape index (κ3) is 2.62. The molecule has 0 aliphatic heterocycles. The van der Waals surface area contributed by atoms with E-state index in [0.717, 1.165) is 15.8 Å². The van der Waals surface area contributed by atoms with Crippen LogP contribution in [0.1, 0.15) is 11.6 Å². The highest BCUT2D eigenvalue weighted by atomic mass is 79.9. The zero-order valence-corrected chi connectivity index (χ0v) is 10.5. The summed E-state index contributed by atoms with van der Waals surface area (Å²) in [5.41, 5.74) is 1.15. The predicted octanol–water partition coefficient (Wildman–Crippen LogP) is 2.96. The largest absolute Gasteiger partial charge is 0.496 e. The summed E-state index contributed by atoms with van der Waals surface area (Å²) in [7, 11) is 3.54. The van der Waals surface area contributed by atoms with E-state index in [1.54, 1.807) is 7.11 Å². The SMILES string of the molecule is CNC(CCl)c1ccc(OC)c(Br)c1. The van der Waals surface area contributed by atoms with Gasteiger partial charge in [-0.2, -0.15) is 0 Å². The standard InChI is InChI=1S/C10H13BrClNO/c1-13-9(6-12)7-3-4-10(14-2)8(11)5-7/h3-5,9,13H,6H2,1-2H3. The van der Waals surface area contributed by atoms with Crippen molar-refractivity contribution in [2.24, 2.45) is 0 Å². The number of methoxy groups -OCH3 is 1. The van der Waals surface area contributed by atoms with Gasteiger partial charge in [0.15, 0.2) is 0 Å². The minimum atomic E-state index is 0.180. The van der Waals surface area contributed by atoms with Crippen LogP contribution >= 0.6 is 27.5 Å². The average molecular weight is 279 g/mol. The lowest BCUT2D eigenvalue weighted by atomic mass is 10.1. The van der Waals surface area contributed by atoms with Crippen LogP contribution in [0.5, 0.6) is 5.75 Å². The second-order valence-corrected chi connectivity index (χ2v) is 4.05. The summed E-state index contributed by atoms with van der Waals surface area (Å²) in [6.45, 7) is 0. The van der Waals surface area contributed by atoms with Crippen molar-refractivity contribution in [1.82, 2.24) is 5.32 Å². The summed E-state index contributed by atoms with van der Waals surface area (Å²) < 4.78 is 6.09. The number of hydrogen-bond acceptors (Lipinski definition) is 2. The molecule has 0 aromatic heterocycles. The van der Waals surface area contributed by atoms with E-state index >= 15 is 0 Å². The van der Waals surface area contributed by atoms with Gasteiger partial charge in [0.2, 0.25) is 0 Å². The fourth-order valence-corrected chi connectivity index (χ4v) is 2.12. The maximum atomic E-state index is 5.82. The van der Waals surface area contributed by atoms with Crippen LogP contribution in [0.4, 0.5) is 0 Å². The van der Waals surface area contributed by atoms with Gasteiger partial charge in [0.05, 0.1) is 11.6 Å². The second kappa shape index (κ2) is 5.59. The fourth-order valence-electron chi connectivity index (χ4n) is 1.23. The molecule has 0 aliphatic rings. The van der Waals surface area contributed by atoms with Gasteiger partial charge in [-0.15, -0.1) is 11.6 Å². The molecule has 0 bridgehead atoms. The molecule has 1 aromatic carbocycles. The first kappa shape index (κ1) is 11.8. The van der Waals surface area contributed by atoms with Crippen molar-refractivity contribution in [2.45, 2.75) is 6.04 Å². The van der Waals surface area contributed by atoms with Gasteiger partial charge >= 0.3 is 0 Å². The van der Waals surface area contributed by atoms with E-state index in [-0.39, 0.29) is 6.04 Å². The molecule has 1 N–H and O–H groups in total. The minimum absolute atomic E-state index is 0.180. The van der Waals surface area contributed by atoms with Gasteiger partial charge in [-0.1, -0.05) is 6.07 Å². The molecule has 0 aliphatic carbocycles. The molecule has 0 radical (unpaired) electrons. The molecule has 1 aromatic rings. The van der Waals surface area contributed by atoms with Gasteiger partial charge in [-0.05, 0) is 40.7 Å². The van der Waals surface area contributed by atoms with Crippen molar-refractivity contribution in [1.29, 1.82) is 0 Å². The van der Waals surface area contributed by atoms with Crippen LogP contribution in [0, 0.1) is 0 Å². The van der Waals surface area contributed by atoms with Crippen LogP contribution in [0.15, 0.2) is 22.7 Å². The predicted molar refractivity (Wildman–Crippen MR) is 63.2 cm³/mol. The number of hydrogen-bond donors (Lipinski definition) is 1. The first-order chi connectivity index (χ1) is 6.72. The molecular weight excluding hydrogens is 265 g/mol. The van der Waals surface area contributed by atoms with E-state index in [2.05, 4.69) is 21.2 Å². The van der Waals surface area contributed by atoms with Crippen LogP contribution < -0.4 is 10.1 Å². The Bertz CT molecular complexity index is 302. The van der Waals surface area contributed by atoms with E-state index in [9.17, 15) is 0 Å². The number of ether oxygens (including phenoxy) is 1. The Balaban J connectivity index is 2.95. The summed E-state index contributed by atoms with van der Waals surface area (Å²) in [4.78, 5) is 0. The van der Waals surface area contributed by atoms with Crippen LogP contribution in [0.2, 0.25) is 0 Å². The minimum Gasteiger partial charge on any atom is -0.496 e. The average Bonchev–Trinajstić information content (AvgIpc) is 2.20. The molecule has 1 atom stereocenters. The normalized spacial score (nSPS) is 12.6. The monoisotopic (exact) mass is 277 g/mol. The molecule has 0 amide bonds. The van der Waals surface area contributed by atoms with Crippen LogP contribution in [-0.2, 0) is 0 Å². The molecule has 4 heteroatoms. The fraction of sp³-hybridized carbons (Fsp3) is 0.400. The topological polar surface area (TPSA) is 21.3 Å². The smallest absolute Gasteiger partial charge is 0.133 e. The Morgan fingerprint density at radius 1 is 1.57 bits per heavy atom. The van der Waals surface area contributed by atoms with Gasteiger partial charge in [0, 0.05) is 11.9 Å². The molecule has 1 unspecified atom stereocenters. The van der Waals surface area contributed by atoms with Crippen LogP contribution in [0.25, 0.3) is 0 Å². The van der Waals surface area contributed by atoms with Gasteiger partial charge < -0.3 is 10.1 Å². The van der Waals surface area contributed by atoms with Crippen molar-refractivity contribution in [3.63, 3.8) is 0 Å². The number of benzene rings is 1. The van der Waals surface area contributed by atoms with E-state index in [1.807, 2.05) is 25.2 Å². The molecule has 0 fully saturated rings. The summed E-state index contributed by atoms with van der Waals surface area (Å²) in [6.07, 6.45) is 0. The molecule has 0 spiro atoms. The van der Waals surface area contributed by atoms with Gasteiger partial charge in [-0.25, -0.2) is 0 Å². The highest BCUT2D eigenvalue weighted by Crippen LogP contribution is 2.28. The number of rotatable bonds is 4. The van der Waals surface area contributed by atoms with Crippen LogP contribution in [0.3, 0.4) is 0 Å². The lowest BCUT2D eigenvalue weighted by molar-refractivity contribution is 0.411. The van der Waals surface area contributed by atoms with Crippen molar-refractivity contribution in [3.8, 4) is 5.75 Å². The quantitative estimate of drug-likeness (QED) is 0.855. The molecule has 0 saturated carbocycles. The molecule has 2 nitrogen and oxygen atoms in total. The highest BCUT2D eigenvalue weighted by Gasteiger charge is 2.09. The third-order valence-electron chi connectivity index (χ3n) is 2.08. The van der Waals surface area contributed by atoms with E-state index < -0.39 is 0 Å². The van der Waals surface area contributed by atoms with Crippen molar-refractivity contribution >= 4 is 27.5 Å². The van der Waals surface area contributed by atoms with Crippen molar-refractivity contribution in [2.75, 3.05) is 20.0 Å². The highest BCUT2D eigenvalue weighted by molar-refractivity contribution is 9.10. The molecule has 0 heterocycles. The molecule has 1 rings (SSSR count). The summed E-state index contributed by atoms with van der Waals surface area (Å²) >= 11 is 9.26. The Hall–Kier alpha value is -0.250. The molecule has 78 valence electrons. The maximum absolute atomic E-state index is 5.82. The Morgan fingerprint density at radius 3 is 2.71 bits per heavy atom. The Labute approximate surface area is 97.7 Å². The third-order valence-corrected chi connectivity index (χ3v) is 3.01. The zero-order chi connectivity index (χ0) is 10.6. The lowest BCUT2D eigenvalue weighted by Crippen LogP contribution is -2.17. The Kier molecular flexibility index (Phi) is 4.72. The number of halogens is 2. The molecule has 0 saturated heterocycles. The van der Waals surface area contributed by atoms with E-state index in [4.69, 9.17) is 16.3 Å². The van der Waals surface area contributed by atoms with Gasteiger partial charge in [0.25, 0.3) is 0 Å². The maximum Gasteiger partial charge on any atom is 0.133 e. The van der Waals surface area contributed by atoms with Crippen molar-refractivity contribution in [3.05, 3.63) is 28.2 Å². The zero-order valence-electron chi connectivity index (χ0n) is 8.18. The first-order valence-corrected chi connectivity index (χ1v) is 5.62. The Morgan fingerprint density at radius 2 is 2.29 bits per heavy atom. The molecule has 14 heavy (non-hydrogen) atoms. The summed E-state index contributed by atoms with van der Waals surface area (Å²) in [6, 6.07) is 6.13. The lowest BCUT2D eigenvalue weighted by Gasteiger charge is -2.14. The van der Waals surface area contributed by atoms with E-state index in [1.165, 1.54) is 0 Å². The number of alkyl halides is 1. The van der Waals surface area contributed by atoms with E-state index in [0.29, 0.717) is 5.88 Å². The van der Waals surface area contributed by atoms with Crippen LogP contribution in [-0.4, -0.2) is 20.0 Å².